The second-order valence-electron chi connectivity index (χ2n) is 5.94. The summed E-state index contributed by atoms with van der Waals surface area (Å²) in [6, 6.07) is 0.490. The lowest BCUT2D eigenvalue weighted by atomic mass is 9.75. The normalized spacial score (nSPS) is 23.1. The lowest BCUT2D eigenvalue weighted by Gasteiger charge is -2.35. The van der Waals surface area contributed by atoms with Gasteiger partial charge in [0, 0.05) is 18.4 Å². The highest BCUT2D eigenvalue weighted by Gasteiger charge is 2.28. The van der Waals surface area contributed by atoms with E-state index in [0.717, 1.165) is 11.5 Å². The molecule has 18 heavy (non-hydrogen) atoms. The second kappa shape index (κ2) is 4.23. The molecule has 0 radical (unpaired) electrons. The molecule has 0 bridgehead atoms. The molecule has 2 heterocycles. The summed E-state index contributed by atoms with van der Waals surface area (Å²) in [4.78, 5) is 4.39. The zero-order valence-corrected chi connectivity index (χ0v) is 10.9. The molecule has 96 valence electrons. The highest BCUT2D eigenvalue weighted by atomic mass is 15.2. The third-order valence-electron chi connectivity index (χ3n) is 3.76. The molecular weight excluding hydrogens is 226 g/mol. The summed E-state index contributed by atoms with van der Waals surface area (Å²) >= 11 is 0. The Labute approximate surface area is 107 Å². The Balaban J connectivity index is 1.82. The zero-order chi connectivity index (χ0) is 12.6. The van der Waals surface area contributed by atoms with Crippen molar-refractivity contribution in [2.75, 3.05) is 5.32 Å². The smallest absolute Gasteiger partial charge is 0.203 e. The van der Waals surface area contributed by atoms with Crippen molar-refractivity contribution in [2.45, 2.75) is 45.6 Å². The summed E-state index contributed by atoms with van der Waals surface area (Å²) < 4.78 is 1.89. The maximum absolute atomic E-state index is 4.39. The molecular formula is C13H19N5. The van der Waals surface area contributed by atoms with Crippen LogP contribution in [0.5, 0.6) is 0 Å². The predicted octanol–water partition coefficient (Wildman–Crippen LogP) is 2.51. The van der Waals surface area contributed by atoms with Crippen LogP contribution in [0.3, 0.4) is 0 Å². The summed E-state index contributed by atoms with van der Waals surface area (Å²) in [6.45, 7) is 4.68. The van der Waals surface area contributed by atoms with E-state index >= 15 is 0 Å². The molecule has 1 saturated carbocycles. The van der Waals surface area contributed by atoms with Crippen LogP contribution in [0.4, 0.5) is 5.82 Å². The van der Waals surface area contributed by atoms with Crippen molar-refractivity contribution in [3.8, 4) is 0 Å². The van der Waals surface area contributed by atoms with E-state index in [1.165, 1.54) is 25.7 Å². The van der Waals surface area contributed by atoms with Crippen LogP contribution in [0.15, 0.2) is 18.7 Å². The van der Waals surface area contributed by atoms with E-state index in [0.29, 0.717) is 11.5 Å². The molecule has 1 N–H and O–H groups in total. The molecule has 0 aliphatic heterocycles. The van der Waals surface area contributed by atoms with E-state index in [2.05, 4.69) is 34.3 Å². The lowest BCUT2D eigenvalue weighted by Crippen LogP contribution is -2.32. The quantitative estimate of drug-likeness (QED) is 0.883. The summed E-state index contributed by atoms with van der Waals surface area (Å²) in [6.07, 6.45) is 10.3. The largest absolute Gasteiger partial charge is 0.364 e. The fourth-order valence-corrected chi connectivity index (χ4v) is 2.88. The van der Waals surface area contributed by atoms with Crippen molar-refractivity contribution >= 4 is 11.5 Å². The van der Waals surface area contributed by atoms with Crippen LogP contribution < -0.4 is 5.32 Å². The topological polar surface area (TPSA) is 55.1 Å². The minimum absolute atomic E-state index is 0.425. The van der Waals surface area contributed by atoms with E-state index in [4.69, 9.17) is 0 Å². The van der Waals surface area contributed by atoms with Gasteiger partial charge in [0.1, 0.15) is 6.33 Å². The van der Waals surface area contributed by atoms with Crippen LogP contribution in [-0.4, -0.2) is 25.6 Å². The second-order valence-corrected chi connectivity index (χ2v) is 5.94. The van der Waals surface area contributed by atoms with Crippen molar-refractivity contribution in [1.29, 1.82) is 0 Å². The van der Waals surface area contributed by atoms with Crippen molar-refractivity contribution in [3.05, 3.63) is 18.7 Å². The number of aromatic nitrogens is 4. The van der Waals surface area contributed by atoms with Gasteiger partial charge < -0.3 is 5.32 Å². The molecule has 0 aromatic carbocycles. The predicted molar refractivity (Wildman–Crippen MR) is 70.4 cm³/mol. The van der Waals surface area contributed by atoms with E-state index in [-0.39, 0.29) is 0 Å². The van der Waals surface area contributed by atoms with E-state index in [9.17, 15) is 0 Å². The van der Waals surface area contributed by atoms with Gasteiger partial charge in [-0.25, -0.2) is 4.98 Å². The van der Waals surface area contributed by atoms with Gasteiger partial charge in [-0.05, 0) is 24.7 Å². The first-order valence-corrected chi connectivity index (χ1v) is 6.55. The van der Waals surface area contributed by atoms with Crippen LogP contribution in [0, 0.1) is 5.41 Å². The van der Waals surface area contributed by atoms with Gasteiger partial charge in [0.2, 0.25) is 5.65 Å². The summed E-state index contributed by atoms with van der Waals surface area (Å²) in [7, 11) is 0. The molecule has 1 unspecified atom stereocenters. The van der Waals surface area contributed by atoms with Crippen LogP contribution in [0.1, 0.15) is 39.5 Å². The maximum Gasteiger partial charge on any atom is 0.203 e. The van der Waals surface area contributed by atoms with E-state index in [1.54, 1.807) is 12.5 Å². The summed E-state index contributed by atoms with van der Waals surface area (Å²) in [5.74, 6) is 0.845. The Kier molecular flexibility index (Phi) is 2.69. The Morgan fingerprint density at radius 2 is 2.33 bits per heavy atom. The van der Waals surface area contributed by atoms with Gasteiger partial charge in [-0.15, -0.1) is 10.2 Å². The monoisotopic (exact) mass is 245 g/mol. The number of nitrogens with one attached hydrogen (secondary N) is 1. The fourth-order valence-electron chi connectivity index (χ4n) is 2.88. The molecule has 3 rings (SSSR count). The first kappa shape index (κ1) is 11.4. The first-order valence-electron chi connectivity index (χ1n) is 6.55. The zero-order valence-electron chi connectivity index (χ0n) is 10.9. The molecule has 0 amide bonds. The molecule has 5 nitrogen and oxygen atoms in total. The van der Waals surface area contributed by atoms with E-state index < -0.39 is 0 Å². The number of hydrogen-bond donors (Lipinski definition) is 1. The molecule has 0 saturated heterocycles. The van der Waals surface area contributed by atoms with Gasteiger partial charge in [0.15, 0.2) is 5.82 Å². The highest BCUT2D eigenvalue weighted by molar-refractivity contribution is 5.61. The van der Waals surface area contributed by atoms with E-state index in [1.807, 2.05) is 10.6 Å². The Bertz CT molecular complexity index is 545. The number of anilines is 1. The standard InChI is InChI=1S/C13H19N5/c1-13(2)5-3-4-10(8-13)16-11-12-17-15-9-18(12)7-6-14-11/h6-7,9-10H,3-5,8H2,1-2H3,(H,14,16). The summed E-state index contributed by atoms with van der Waals surface area (Å²) in [5, 5.41) is 11.6. The minimum atomic E-state index is 0.425. The minimum Gasteiger partial charge on any atom is -0.364 e. The number of nitrogens with zero attached hydrogens (tertiary/aromatic N) is 4. The Morgan fingerprint density at radius 3 is 3.17 bits per heavy atom. The van der Waals surface area contributed by atoms with Crippen LogP contribution in [0.2, 0.25) is 0 Å². The summed E-state index contributed by atoms with van der Waals surface area (Å²) in [5.41, 5.74) is 1.23. The third kappa shape index (κ3) is 2.17. The average Bonchev–Trinajstić information content (AvgIpc) is 2.77. The highest BCUT2D eigenvalue weighted by Crippen LogP contribution is 2.36. The number of rotatable bonds is 2. The molecule has 1 aliphatic rings. The lowest BCUT2D eigenvalue weighted by molar-refractivity contribution is 0.229. The molecule has 1 fully saturated rings. The van der Waals surface area contributed by atoms with Gasteiger partial charge >= 0.3 is 0 Å². The Morgan fingerprint density at radius 1 is 1.44 bits per heavy atom. The van der Waals surface area contributed by atoms with Gasteiger partial charge in [0.25, 0.3) is 0 Å². The van der Waals surface area contributed by atoms with Crippen molar-refractivity contribution in [3.63, 3.8) is 0 Å². The van der Waals surface area contributed by atoms with Crippen molar-refractivity contribution < 1.29 is 0 Å². The van der Waals surface area contributed by atoms with Crippen molar-refractivity contribution in [2.24, 2.45) is 5.41 Å². The van der Waals surface area contributed by atoms with Crippen LogP contribution in [-0.2, 0) is 0 Å². The molecule has 0 spiro atoms. The Hall–Kier alpha value is -1.65. The third-order valence-corrected chi connectivity index (χ3v) is 3.76. The van der Waals surface area contributed by atoms with Gasteiger partial charge in [-0.2, -0.15) is 0 Å². The van der Waals surface area contributed by atoms with Crippen molar-refractivity contribution in [1.82, 2.24) is 19.6 Å². The molecule has 5 heteroatoms. The number of fused-ring (bicyclic) bond motifs is 1. The fraction of sp³-hybridized carbons (Fsp3) is 0.615. The van der Waals surface area contributed by atoms with Crippen LogP contribution in [0.25, 0.3) is 5.65 Å². The number of hydrogen-bond acceptors (Lipinski definition) is 4. The van der Waals surface area contributed by atoms with Crippen LogP contribution >= 0.6 is 0 Å². The van der Waals surface area contributed by atoms with Gasteiger partial charge in [-0.1, -0.05) is 20.3 Å². The molecule has 2 aromatic heterocycles. The van der Waals surface area contributed by atoms with Gasteiger partial charge in [0.05, 0.1) is 0 Å². The maximum atomic E-state index is 4.39. The first-order chi connectivity index (χ1) is 8.64. The molecule has 2 aromatic rings. The molecule has 1 atom stereocenters. The van der Waals surface area contributed by atoms with Gasteiger partial charge in [-0.3, -0.25) is 4.40 Å². The SMILES string of the molecule is CC1(C)CCCC(Nc2nccn3cnnc23)C1. The molecule has 1 aliphatic carbocycles. The average molecular weight is 245 g/mol.